The highest BCUT2D eigenvalue weighted by atomic mass is 32.1. The number of hydrogen-bond donors (Lipinski definition) is 0. The molecule has 17 heavy (non-hydrogen) atoms. The summed E-state index contributed by atoms with van der Waals surface area (Å²) in [5.41, 5.74) is 2.29. The molecule has 0 saturated heterocycles. The highest BCUT2D eigenvalue weighted by Crippen LogP contribution is 2.15. The lowest BCUT2D eigenvalue weighted by Gasteiger charge is -2.05. The molecule has 0 aliphatic carbocycles. The summed E-state index contributed by atoms with van der Waals surface area (Å²) in [7, 11) is 0. The van der Waals surface area contributed by atoms with E-state index < -0.39 is 0 Å². The Morgan fingerprint density at radius 1 is 1.41 bits per heavy atom. The lowest BCUT2D eigenvalue weighted by atomic mass is 10.0. The van der Waals surface area contributed by atoms with Gasteiger partial charge in [-0.3, -0.25) is 4.79 Å². The largest absolute Gasteiger partial charge is 0.294 e. The third kappa shape index (κ3) is 2.77. The number of ketones is 1. The molecule has 88 valence electrons. The normalized spacial score (nSPS) is 10.5. The second-order valence-electron chi connectivity index (χ2n) is 3.88. The van der Waals surface area contributed by atoms with Gasteiger partial charge in [-0.15, -0.1) is 11.3 Å². The van der Waals surface area contributed by atoms with Gasteiger partial charge in [0.05, 0.1) is 11.4 Å². The molecular formula is C13H14N2OS. The molecule has 0 saturated carbocycles. The van der Waals surface area contributed by atoms with Crippen molar-refractivity contribution in [2.24, 2.45) is 0 Å². The molecule has 0 spiro atoms. The molecule has 0 N–H and O–H groups in total. The number of hydrogen-bond acceptors (Lipinski definition) is 4. The van der Waals surface area contributed by atoms with Crippen LogP contribution in [0.5, 0.6) is 0 Å². The van der Waals surface area contributed by atoms with E-state index in [-0.39, 0.29) is 5.78 Å². The van der Waals surface area contributed by atoms with Crippen LogP contribution in [0.25, 0.3) is 0 Å². The summed E-state index contributed by atoms with van der Waals surface area (Å²) in [6, 6.07) is 5.78. The van der Waals surface area contributed by atoms with Crippen LogP contribution in [0.1, 0.15) is 33.5 Å². The summed E-state index contributed by atoms with van der Waals surface area (Å²) >= 11 is 1.61. The molecule has 0 fully saturated rings. The SMILES string of the molecule is CCc1nnc(C)cc1C(=O)Cc1cccs1. The minimum atomic E-state index is 0.127. The van der Waals surface area contributed by atoms with E-state index in [9.17, 15) is 4.79 Å². The first kappa shape index (κ1) is 11.9. The second-order valence-corrected chi connectivity index (χ2v) is 4.91. The average molecular weight is 246 g/mol. The number of carbonyl (C=O) groups excluding carboxylic acids is 1. The monoisotopic (exact) mass is 246 g/mol. The van der Waals surface area contributed by atoms with Gasteiger partial charge in [-0.25, -0.2) is 0 Å². The molecule has 0 atom stereocenters. The Kier molecular flexibility index (Phi) is 3.64. The molecule has 0 unspecified atom stereocenters. The zero-order chi connectivity index (χ0) is 12.3. The first-order chi connectivity index (χ1) is 8.20. The standard InChI is InChI=1S/C13H14N2OS/c1-3-12-11(7-9(2)14-15-12)13(16)8-10-5-4-6-17-10/h4-7H,3,8H2,1-2H3. The van der Waals surface area contributed by atoms with Gasteiger partial charge in [0.15, 0.2) is 5.78 Å². The maximum atomic E-state index is 12.2. The smallest absolute Gasteiger partial charge is 0.170 e. The minimum absolute atomic E-state index is 0.127. The topological polar surface area (TPSA) is 42.9 Å². The number of nitrogens with zero attached hydrogens (tertiary/aromatic N) is 2. The summed E-state index contributed by atoms with van der Waals surface area (Å²) in [4.78, 5) is 13.3. The average Bonchev–Trinajstić information content (AvgIpc) is 2.81. The molecule has 0 aromatic carbocycles. The highest BCUT2D eigenvalue weighted by molar-refractivity contribution is 7.10. The summed E-state index contributed by atoms with van der Waals surface area (Å²) in [6.07, 6.45) is 1.19. The molecule has 2 rings (SSSR count). The third-order valence-electron chi connectivity index (χ3n) is 2.54. The van der Waals surface area contributed by atoms with Crippen molar-refractivity contribution < 1.29 is 4.79 Å². The molecule has 2 aromatic heterocycles. The van der Waals surface area contributed by atoms with Crippen LogP contribution >= 0.6 is 11.3 Å². The van der Waals surface area contributed by atoms with Gasteiger partial charge in [0.2, 0.25) is 0 Å². The van der Waals surface area contributed by atoms with Gasteiger partial charge in [-0.1, -0.05) is 13.0 Å². The molecule has 2 aromatic rings. The summed E-state index contributed by atoms with van der Waals surface area (Å²) in [5, 5.41) is 10.1. The summed E-state index contributed by atoms with van der Waals surface area (Å²) in [6.45, 7) is 3.84. The van der Waals surface area contributed by atoms with Crippen LogP contribution in [0.3, 0.4) is 0 Å². The number of thiophene rings is 1. The van der Waals surface area contributed by atoms with E-state index in [1.54, 1.807) is 11.3 Å². The lowest BCUT2D eigenvalue weighted by Crippen LogP contribution is -2.09. The zero-order valence-electron chi connectivity index (χ0n) is 9.93. The van der Waals surface area contributed by atoms with Crippen molar-refractivity contribution in [1.29, 1.82) is 0 Å². The van der Waals surface area contributed by atoms with E-state index in [1.165, 1.54) is 0 Å². The first-order valence-electron chi connectivity index (χ1n) is 5.59. The molecule has 0 radical (unpaired) electrons. The fourth-order valence-corrected chi connectivity index (χ4v) is 2.39. The lowest BCUT2D eigenvalue weighted by molar-refractivity contribution is 0.0992. The Hall–Kier alpha value is -1.55. The molecule has 0 aliphatic rings. The summed E-state index contributed by atoms with van der Waals surface area (Å²) < 4.78 is 0. The molecule has 4 heteroatoms. The Morgan fingerprint density at radius 2 is 2.24 bits per heavy atom. The Morgan fingerprint density at radius 3 is 2.88 bits per heavy atom. The zero-order valence-corrected chi connectivity index (χ0v) is 10.8. The quantitative estimate of drug-likeness (QED) is 0.779. The van der Waals surface area contributed by atoms with Gasteiger partial charge in [-0.05, 0) is 30.9 Å². The van der Waals surface area contributed by atoms with Crippen LogP contribution in [0, 0.1) is 6.92 Å². The number of Topliss-reactive ketones (excluding diaryl/α,β-unsaturated/α-hetero) is 1. The molecule has 0 aliphatic heterocycles. The van der Waals surface area contributed by atoms with Crippen LogP contribution in [0.2, 0.25) is 0 Å². The van der Waals surface area contributed by atoms with E-state index in [2.05, 4.69) is 10.2 Å². The van der Waals surface area contributed by atoms with Crippen molar-refractivity contribution in [1.82, 2.24) is 10.2 Å². The van der Waals surface area contributed by atoms with E-state index in [0.717, 1.165) is 22.7 Å². The molecule has 3 nitrogen and oxygen atoms in total. The Labute approximate surface area is 105 Å². The Bertz CT molecular complexity index is 520. The van der Waals surface area contributed by atoms with E-state index in [1.807, 2.05) is 37.4 Å². The molecule has 0 bridgehead atoms. The van der Waals surface area contributed by atoms with Crippen LogP contribution < -0.4 is 0 Å². The molecule has 0 amide bonds. The minimum Gasteiger partial charge on any atom is -0.294 e. The Balaban J connectivity index is 2.26. The van der Waals surface area contributed by atoms with Gasteiger partial charge in [0.25, 0.3) is 0 Å². The van der Waals surface area contributed by atoms with Crippen LogP contribution in [0.15, 0.2) is 23.6 Å². The maximum Gasteiger partial charge on any atom is 0.170 e. The van der Waals surface area contributed by atoms with E-state index in [4.69, 9.17) is 0 Å². The van der Waals surface area contributed by atoms with Gasteiger partial charge in [0, 0.05) is 16.9 Å². The van der Waals surface area contributed by atoms with Gasteiger partial charge in [0.1, 0.15) is 0 Å². The highest BCUT2D eigenvalue weighted by Gasteiger charge is 2.13. The van der Waals surface area contributed by atoms with Crippen LogP contribution in [0.4, 0.5) is 0 Å². The second kappa shape index (κ2) is 5.19. The third-order valence-corrected chi connectivity index (χ3v) is 3.42. The van der Waals surface area contributed by atoms with Gasteiger partial charge < -0.3 is 0 Å². The van der Waals surface area contributed by atoms with Crippen LogP contribution in [-0.2, 0) is 12.8 Å². The van der Waals surface area contributed by atoms with Crippen molar-refractivity contribution in [2.45, 2.75) is 26.7 Å². The molecule has 2 heterocycles. The fraction of sp³-hybridized carbons (Fsp3) is 0.308. The first-order valence-corrected chi connectivity index (χ1v) is 6.47. The van der Waals surface area contributed by atoms with Gasteiger partial charge >= 0.3 is 0 Å². The fourth-order valence-electron chi connectivity index (χ4n) is 1.68. The van der Waals surface area contributed by atoms with E-state index >= 15 is 0 Å². The number of aromatic nitrogens is 2. The van der Waals surface area contributed by atoms with Crippen LogP contribution in [-0.4, -0.2) is 16.0 Å². The van der Waals surface area contributed by atoms with Crippen molar-refractivity contribution in [2.75, 3.05) is 0 Å². The predicted molar refractivity (Wildman–Crippen MR) is 68.5 cm³/mol. The summed E-state index contributed by atoms with van der Waals surface area (Å²) in [5.74, 6) is 0.127. The maximum absolute atomic E-state index is 12.2. The number of aryl methyl sites for hydroxylation is 2. The van der Waals surface area contributed by atoms with Crippen molar-refractivity contribution in [3.05, 3.63) is 45.4 Å². The predicted octanol–water partition coefficient (Wildman–Crippen LogP) is 2.83. The number of rotatable bonds is 4. The van der Waals surface area contributed by atoms with Gasteiger partial charge in [-0.2, -0.15) is 10.2 Å². The van der Waals surface area contributed by atoms with Crippen molar-refractivity contribution in [3.8, 4) is 0 Å². The molecular weight excluding hydrogens is 232 g/mol. The van der Waals surface area contributed by atoms with Crippen molar-refractivity contribution in [3.63, 3.8) is 0 Å². The van der Waals surface area contributed by atoms with E-state index in [0.29, 0.717) is 12.0 Å². The number of carbonyl (C=O) groups is 1. The van der Waals surface area contributed by atoms with Crippen molar-refractivity contribution >= 4 is 17.1 Å².